The van der Waals surface area contributed by atoms with Crippen molar-refractivity contribution < 1.29 is 23.9 Å². The Morgan fingerprint density at radius 1 is 1.30 bits per heavy atom. The minimum atomic E-state index is -1.79. The summed E-state index contributed by atoms with van der Waals surface area (Å²) in [5, 5.41) is 4.24. The molecule has 0 amide bonds. The Labute approximate surface area is 137 Å². The summed E-state index contributed by atoms with van der Waals surface area (Å²) in [6.45, 7) is 1.81. The van der Waals surface area contributed by atoms with E-state index in [2.05, 4.69) is 10.5 Å². The summed E-state index contributed by atoms with van der Waals surface area (Å²) >= 11 is 5.80. The highest BCUT2D eigenvalue weighted by atomic mass is 35.5. The van der Waals surface area contributed by atoms with Gasteiger partial charge in [-0.15, -0.1) is 0 Å². The number of ketones is 1. The van der Waals surface area contributed by atoms with E-state index in [0.29, 0.717) is 5.02 Å². The smallest absolute Gasteiger partial charge is 0.354 e. The van der Waals surface area contributed by atoms with Crippen molar-refractivity contribution in [1.82, 2.24) is 5.43 Å². The van der Waals surface area contributed by atoms with E-state index in [4.69, 9.17) is 21.1 Å². The summed E-state index contributed by atoms with van der Waals surface area (Å²) in [5.74, 6) is -2.08. The van der Waals surface area contributed by atoms with Gasteiger partial charge in [-0.25, -0.2) is 9.59 Å². The standard InChI is InChI=1S/C15H15ClN2O5/c1-3-23-13(20)11-8-15(18-17-11,14(21)22-2)12(19)9-4-6-10(16)7-5-9/h4-7,18H,3,8H2,1-2H3. The predicted octanol–water partition coefficient (Wildman–Crippen LogP) is 1.35. The molecule has 0 saturated heterocycles. The number of benzene rings is 1. The molecule has 1 aliphatic rings. The Bertz CT molecular complexity index is 671. The average Bonchev–Trinajstić information content (AvgIpc) is 3.01. The van der Waals surface area contributed by atoms with Crippen molar-refractivity contribution in [3.63, 3.8) is 0 Å². The van der Waals surface area contributed by atoms with E-state index in [9.17, 15) is 14.4 Å². The topological polar surface area (TPSA) is 94.1 Å². The number of ether oxygens (including phenoxy) is 2. The van der Waals surface area contributed by atoms with Crippen LogP contribution in [0, 0.1) is 0 Å². The van der Waals surface area contributed by atoms with Crippen LogP contribution in [0.1, 0.15) is 23.7 Å². The van der Waals surface area contributed by atoms with Gasteiger partial charge in [0.2, 0.25) is 11.3 Å². The largest absolute Gasteiger partial charge is 0.467 e. The molecule has 0 aliphatic carbocycles. The first-order valence-electron chi connectivity index (χ1n) is 6.84. The number of esters is 2. The molecule has 0 aromatic heterocycles. The van der Waals surface area contributed by atoms with E-state index in [-0.39, 0.29) is 24.3 Å². The number of rotatable bonds is 5. The minimum absolute atomic E-state index is 0.0421. The van der Waals surface area contributed by atoms with E-state index in [1.54, 1.807) is 6.92 Å². The highest BCUT2D eigenvalue weighted by Gasteiger charge is 2.52. The number of nitrogens with one attached hydrogen (secondary N) is 1. The Kier molecular flexibility index (Phi) is 5.00. The van der Waals surface area contributed by atoms with Crippen molar-refractivity contribution in [2.75, 3.05) is 13.7 Å². The molecular weight excluding hydrogens is 324 g/mol. The lowest BCUT2D eigenvalue weighted by Gasteiger charge is -2.24. The maximum atomic E-state index is 12.8. The summed E-state index contributed by atoms with van der Waals surface area (Å²) in [6, 6.07) is 6.03. The number of hydrogen-bond acceptors (Lipinski definition) is 7. The van der Waals surface area contributed by atoms with E-state index in [0.717, 1.165) is 7.11 Å². The van der Waals surface area contributed by atoms with Crippen LogP contribution in [0.3, 0.4) is 0 Å². The zero-order valence-corrected chi connectivity index (χ0v) is 13.3. The van der Waals surface area contributed by atoms with Gasteiger partial charge in [-0.3, -0.25) is 10.2 Å². The number of Topliss-reactive ketones (excluding diaryl/α,β-unsaturated/α-hetero) is 1. The molecular formula is C15H15ClN2O5. The maximum Gasteiger partial charge on any atom is 0.354 e. The molecule has 23 heavy (non-hydrogen) atoms. The van der Waals surface area contributed by atoms with Gasteiger partial charge in [0.25, 0.3) is 0 Å². The number of hydrazone groups is 1. The number of hydrogen-bond donors (Lipinski definition) is 1. The first-order valence-corrected chi connectivity index (χ1v) is 7.22. The molecule has 1 atom stereocenters. The molecule has 1 aromatic rings. The van der Waals surface area contributed by atoms with Crippen LogP contribution in [0.2, 0.25) is 5.02 Å². The molecule has 1 unspecified atom stereocenters. The van der Waals surface area contributed by atoms with Gasteiger partial charge in [-0.2, -0.15) is 5.10 Å². The molecule has 0 fully saturated rings. The second-order valence-corrected chi connectivity index (χ2v) is 5.24. The lowest BCUT2D eigenvalue weighted by atomic mass is 9.86. The minimum Gasteiger partial charge on any atom is -0.467 e. The van der Waals surface area contributed by atoms with Crippen LogP contribution in [-0.4, -0.2) is 42.7 Å². The molecule has 7 nitrogen and oxygen atoms in total. The summed E-state index contributed by atoms with van der Waals surface area (Å²) in [6.07, 6.45) is -0.250. The number of carbonyl (C=O) groups is 3. The summed E-state index contributed by atoms with van der Waals surface area (Å²) in [5.41, 5.74) is 0.867. The molecule has 1 heterocycles. The van der Waals surface area contributed by atoms with Crippen molar-refractivity contribution in [3.8, 4) is 0 Å². The number of carbonyl (C=O) groups excluding carboxylic acids is 3. The fraction of sp³-hybridized carbons (Fsp3) is 0.333. The van der Waals surface area contributed by atoms with Crippen molar-refractivity contribution in [2.24, 2.45) is 5.10 Å². The summed E-state index contributed by atoms with van der Waals surface area (Å²) < 4.78 is 9.56. The molecule has 122 valence electrons. The first kappa shape index (κ1) is 17.0. The second kappa shape index (κ2) is 6.78. The third-order valence-electron chi connectivity index (χ3n) is 3.35. The molecule has 8 heteroatoms. The molecule has 0 saturated carbocycles. The van der Waals surface area contributed by atoms with E-state index in [1.807, 2.05) is 0 Å². The van der Waals surface area contributed by atoms with E-state index < -0.39 is 23.3 Å². The Morgan fingerprint density at radius 3 is 2.52 bits per heavy atom. The van der Waals surface area contributed by atoms with Gasteiger partial charge in [0.1, 0.15) is 5.71 Å². The molecule has 0 bridgehead atoms. The van der Waals surface area contributed by atoms with Crippen LogP contribution in [-0.2, 0) is 19.1 Å². The second-order valence-electron chi connectivity index (χ2n) is 4.80. The van der Waals surface area contributed by atoms with Gasteiger partial charge in [0, 0.05) is 17.0 Å². The average molecular weight is 339 g/mol. The van der Waals surface area contributed by atoms with E-state index in [1.165, 1.54) is 24.3 Å². The van der Waals surface area contributed by atoms with Crippen LogP contribution in [0.15, 0.2) is 29.4 Å². The van der Waals surface area contributed by atoms with Crippen LogP contribution < -0.4 is 5.43 Å². The fourth-order valence-corrected chi connectivity index (χ4v) is 2.31. The lowest BCUT2D eigenvalue weighted by Crippen LogP contribution is -2.55. The number of methoxy groups -OCH3 is 1. The molecule has 1 aliphatic heterocycles. The first-order chi connectivity index (χ1) is 10.9. The highest BCUT2D eigenvalue weighted by molar-refractivity contribution is 6.39. The van der Waals surface area contributed by atoms with Gasteiger partial charge < -0.3 is 9.47 Å². The van der Waals surface area contributed by atoms with Crippen molar-refractivity contribution in [3.05, 3.63) is 34.9 Å². The third-order valence-corrected chi connectivity index (χ3v) is 3.61. The Hall–Kier alpha value is -2.41. The number of nitrogens with zero attached hydrogens (tertiary/aromatic N) is 1. The number of halogens is 1. The predicted molar refractivity (Wildman–Crippen MR) is 82.4 cm³/mol. The third kappa shape index (κ3) is 3.19. The SMILES string of the molecule is CCOC(=O)C1=NNC(C(=O)OC)(C(=O)c2ccc(Cl)cc2)C1. The van der Waals surface area contributed by atoms with Gasteiger partial charge in [0.05, 0.1) is 13.7 Å². The van der Waals surface area contributed by atoms with Gasteiger partial charge in [-0.1, -0.05) is 11.6 Å². The van der Waals surface area contributed by atoms with Gasteiger partial charge in [-0.05, 0) is 31.2 Å². The maximum absolute atomic E-state index is 12.8. The molecule has 0 radical (unpaired) electrons. The Balaban J connectivity index is 2.32. The molecule has 1 N–H and O–H groups in total. The summed E-state index contributed by atoms with van der Waals surface area (Å²) in [7, 11) is 1.16. The van der Waals surface area contributed by atoms with Crippen LogP contribution >= 0.6 is 11.6 Å². The normalized spacial score (nSPS) is 19.5. The zero-order chi connectivity index (χ0) is 17.0. The molecule has 0 spiro atoms. The van der Waals surface area contributed by atoms with Crippen LogP contribution in [0.4, 0.5) is 0 Å². The lowest BCUT2D eigenvalue weighted by molar-refractivity contribution is -0.145. The van der Waals surface area contributed by atoms with Crippen molar-refractivity contribution in [1.29, 1.82) is 0 Å². The van der Waals surface area contributed by atoms with Gasteiger partial charge in [0.15, 0.2) is 0 Å². The zero-order valence-electron chi connectivity index (χ0n) is 12.6. The molecule has 2 rings (SSSR count). The Morgan fingerprint density at radius 2 is 1.96 bits per heavy atom. The monoisotopic (exact) mass is 338 g/mol. The van der Waals surface area contributed by atoms with E-state index >= 15 is 0 Å². The van der Waals surface area contributed by atoms with Crippen molar-refractivity contribution >= 4 is 35.0 Å². The van der Waals surface area contributed by atoms with Gasteiger partial charge >= 0.3 is 11.9 Å². The van der Waals surface area contributed by atoms with Crippen LogP contribution in [0.25, 0.3) is 0 Å². The van der Waals surface area contributed by atoms with Crippen molar-refractivity contribution in [2.45, 2.75) is 18.9 Å². The van der Waals surface area contributed by atoms with Crippen LogP contribution in [0.5, 0.6) is 0 Å². The quantitative estimate of drug-likeness (QED) is 0.495. The molecule has 1 aromatic carbocycles. The fourth-order valence-electron chi connectivity index (χ4n) is 2.19. The highest BCUT2D eigenvalue weighted by Crippen LogP contribution is 2.26. The summed E-state index contributed by atoms with van der Waals surface area (Å²) in [4.78, 5) is 36.7.